The summed E-state index contributed by atoms with van der Waals surface area (Å²) in [5, 5.41) is 3.75. The summed E-state index contributed by atoms with van der Waals surface area (Å²) in [5.41, 5.74) is 5.43. The first-order chi connectivity index (χ1) is 13.9. The van der Waals surface area contributed by atoms with E-state index in [-0.39, 0.29) is 11.7 Å². The Morgan fingerprint density at radius 3 is 2.34 bits per heavy atom. The zero-order chi connectivity index (χ0) is 20.5. The van der Waals surface area contributed by atoms with Gasteiger partial charge in [0.05, 0.1) is 16.8 Å². The van der Waals surface area contributed by atoms with Crippen molar-refractivity contribution in [3.05, 3.63) is 93.7 Å². The molecule has 0 aliphatic rings. The van der Waals surface area contributed by atoms with Crippen LogP contribution >= 0.6 is 15.9 Å². The van der Waals surface area contributed by atoms with Crippen molar-refractivity contribution in [3.8, 4) is 11.3 Å². The van der Waals surface area contributed by atoms with Gasteiger partial charge in [-0.3, -0.25) is 4.79 Å². The Balaban J connectivity index is 1.86. The third kappa shape index (κ3) is 4.05. The van der Waals surface area contributed by atoms with E-state index in [9.17, 15) is 9.18 Å². The van der Waals surface area contributed by atoms with E-state index in [1.165, 1.54) is 12.1 Å². The van der Waals surface area contributed by atoms with E-state index in [4.69, 9.17) is 4.98 Å². The molecule has 0 radical (unpaired) electrons. The molecule has 3 aromatic carbocycles. The highest BCUT2D eigenvalue weighted by atomic mass is 79.9. The van der Waals surface area contributed by atoms with Gasteiger partial charge in [-0.1, -0.05) is 27.6 Å². The van der Waals surface area contributed by atoms with Gasteiger partial charge in [-0.05, 0) is 80.1 Å². The molecule has 0 aliphatic carbocycles. The number of aryl methyl sites for hydroxylation is 2. The Labute approximate surface area is 176 Å². The molecular formula is C24H18BrFN2O. The summed E-state index contributed by atoms with van der Waals surface area (Å²) in [4.78, 5) is 17.9. The van der Waals surface area contributed by atoms with Gasteiger partial charge < -0.3 is 5.32 Å². The lowest BCUT2D eigenvalue weighted by molar-refractivity contribution is 0.102. The van der Waals surface area contributed by atoms with E-state index in [1.54, 1.807) is 18.2 Å². The maximum Gasteiger partial charge on any atom is 0.256 e. The van der Waals surface area contributed by atoms with E-state index in [1.807, 2.05) is 50.2 Å². The Bertz CT molecular complexity index is 1220. The highest BCUT2D eigenvalue weighted by molar-refractivity contribution is 9.10. The van der Waals surface area contributed by atoms with E-state index in [0.717, 1.165) is 32.1 Å². The van der Waals surface area contributed by atoms with Crippen LogP contribution in [0.4, 0.5) is 10.1 Å². The van der Waals surface area contributed by atoms with Crippen molar-refractivity contribution in [1.29, 1.82) is 0 Å². The molecule has 1 N–H and O–H groups in total. The summed E-state index contributed by atoms with van der Waals surface area (Å²) in [6.45, 7) is 3.98. The number of carbonyl (C=O) groups excluding carboxylic acids is 1. The first kappa shape index (κ1) is 19.3. The average Bonchev–Trinajstić information content (AvgIpc) is 2.69. The van der Waals surface area contributed by atoms with Gasteiger partial charge in [0.15, 0.2) is 0 Å². The molecule has 1 heterocycles. The largest absolute Gasteiger partial charge is 0.322 e. The summed E-state index contributed by atoms with van der Waals surface area (Å²) in [6, 6.07) is 19.3. The number of hydrogen-bond donors (Lipinski definition) is 1. The van der Waals surface area contributed by atoms with Crippen molar-refractivity contribution in [1.82, 2.24) is 4.98 Å². The lowest BCUT2D eigenvalue weighted by Gasteiger charge is -2.13. The molecule has 0 aliphatic heterocycles. The summed E-state index contributed by atoms with van der Waals surface area (Å²) in [6.07, 6.45) is 0. The number of benzene rings is 3. The van der Waals surface area contributed by atoms with Crippen LogP contribution in [0.1, 0.15) is 21.5 Å². The second kappa shape index (κ2) is 7.76. The average molecular weight is 449 g/mol. The predicted molar refractivity (Wildman–Crippen MR) is 119 cm³/mol. The highest BCUT2D eigenvalue weighted by Gasteiger charge is 2.16. The molecule has 3 nitrogen and oxygen atoms in total. The molecule has 0 bridgehead atoms. The van der Waals surface area contributed by atoms with Gasteiger partial charge in [0, 0.05) is 21.1 Å². The van der Waals surface area contributed by atoms with Crippen molar-refractivity contribution in [2.75, 3.05) is 5.32 Å². The number of anilines is 1. The molecule has 0 spiro atoms. The van der Waals surface area contributed by atoms with Crippen LogP contribution in [-0.4, -0.2) is 10.9 Å². The second-order valence-electron chi connectivity index (χ2n) is 7.00. The minimum absolute atomic E-state index is 0.215. The van der Waals surface area contributed by atoms with Crippen LogP contribution in [0.25, 0.3) is 22.2 Å². The van der Waals surface area contributed by atoms with Crippen LogP contribution < -0.4 is 5.32 Å². The maximum absolute atomic E-state index is 13.4. The first-order valence-corrected chi connectivity index (χ1v) is 9.95. The molecule has 1 aromatic heterocycles. The third-order valence-electron chi connectivity index (χ3n) is 4.74. The molecule has 0 saturated carbocycles. The molecule has 1 amide bonds. The number of nitrogens with one attached hydrogen (secondary N) is 1. The SMILES string of the molecule is Cc1cc(C)c2nc(-c3ccc(F)cc3)cc(C(=O)Nc3ccc(Br)cc3)c2c1. The number of rotatable bonds is 3. The summed E-state index contributed by atoms with van der Waals surface area (Å²) in [5.74, 6) is -0.525. The monoisotopic (exact) mass is 448 g/mol. The summed E-state index contributed by atoms with van der Waals surface area (Å²) < 4.78 is 14.3. The fourth-order valence-corrected chi connectivity index (χ4v) is 3.63. The summed E-state index contributed by atoms with van der Waals surface area (Å²) in [7, 11) is 0. The minimum atomic E-state index is -0.311. The number of aromatic nitrogens is 1. The molecule has 0 unspecified atom stereocenters. The number of pyridine rings is 1. The lowest BCUT2D eigenvalue weighted by Crippen LogP contribution is -2.13. The van der Waals surface area contributed by atoms with E-state index in [2.05, 4.69) is 21.2 Å². The van der Waals surface area contributed by atoms with E-state index >= 15 is 0 Å². The van der Waals surface area contributed by atoms with Crippen molar-refractivity contribution < 1.29 is 9.18 Å². The van der Waals surface area contributed by atoms with Crippen molar-refractivity contribution >= 4 is 38.4 Å². The van der Waals surface area contributed by atoms with Crippen molar-refractivity contribution in [2.24, 2.45) is 0 Å². The standard InChI is InChI=1S/C24H18BrFN2O/c1-14-11-15(2)23-20(12-14)21(24(29)27-19-9-5-17(25)6-10-19)13-22(28-23)16-3-7-18(26)8-4-16/h3-13H,1-2H3,(H,27,29). The van der Waals surface area contributed by atoms with E-state index < -0.39 is 0 Å². The molecule has 5 heteroatoms. The molecule has 4 aromatic rings. The minimum Gasteiger partial charge on any atom is -0.322 e. The Hall–Kier alpha value is -3.05. The molecule has 0 saturated heterocycles. The number of fused-ring (bicyclic) bond motifs is 1. The fourth-order valence-electron chi connectivity index (χ4n) is 3.37. The van der Waals surface area contributed by atoms with Gasteiger partial charge in [0.2, 0.25) is 0 Å². The zero-order valence-corrected chi connectivity index (χ0v) is 17.5. The van der Waals surface area contributed by atoms with Crippen LogP contribution in [0.15, 0.2) is 71.2 Å². The molecule has 4 rings (SSSR count). The predicted octanol–water partition coefficient (Wildman–Crippen LogP) is 6.67. The summed E-state index contributed by atoms with van der Waals surface area (Å²) >= 11 is 3.40. The highest BCUT2D eigenvalue weighted by Crippen LogP contribution is 2.29. The third-order valence-corrected chi connectivity index (χ3v) is 5.26. The number of carbonyl (C=O) groups is 1. The Morgan fingerprint density at radius 2 is 1.66 bits per heavy atom. The molecule has 0 fully saturated rings. The van der Waals surface area contributed by atoms with E-state index in [0.29, 0.717) is 16.9 Å². The maximum atomic E-state index is 13.4. The smallest absolute Gasteiger partial charge is 0.256 e. The van der Waals surface area contributed by atoms with Gasteiger partial charge in [-0.15, -0.1) is 0 Å². The second-order valence-corrected chi connectivity index (χ2v) is 7.92. The molecule has 0 atom stereocenters. The van der Waals surface area contributed by atoms with Crippen LogP contribution in [-0.2, 0) is 0 Å². The Morgan fingerprint density at radius 1 is 0.966 bits per heavy atom. The molecule has 144 valence electrons. The van der Waals surface area contributed by atoms with Crippen LogP contribution in [0.5, 0.6) is 0 Å². The quantitative estimate of drug-likeness (QED) is 0.380. The van der Waals surface area contributed by atoms with Crippen LogP contribution in [0.3, 0.4) is 0 Å². The number of halogens is 2. The van der Waals surface area contributed by atoms with Gasteiger partial charge in [0.25, 0.3) is 5.91 Å². The molecular weight excluding hydrogens is 431 g/mol. The van der Waals surface area contributed by atoms with Gasteiger partial charge >= 0.3 is 0 Å². The normalized spacial score (nSPS) is 10.9. The zero-order valence-electron chi connectivity index (χ0n) is 16.0. The van der Waals surface area contributed by atoms with Crippen molar-refractivity contribution in [3.63, 3.8) is 0 Å². The van der Waals surface area contributed by atoms with Gasteiger partial charge in [0.1, 0.15) is 5.82 Å². The Kier molecular flexibility index (Phi) is 5.16. The number of nitrogens with zero attached hydrogens (tertiary/aromatic N) is 1. The van der Waals surface area contributed by atoms with Crippen LogP contribution in [0.2, 0.25) is 0 Å². The first-order valence-electron chi connectivity index (χ1n) is 9.15. The number of hydrogen-bond acceptors (Lipinski definition) is 2. The van der Waals surface area contributed by atoms with Crippen LogP contribution in [0, 0.1) is 19.7 Å². The topological polar surface area (TPSA) is 42.0 Å². The lowest BCUT2D eigenvalue weighted by atomic mass is 9.99. The van der Waals surface area contributed by atoms with Gasteiger partial charge in [-0.2, -0.15) is 0 Å². The van der Waals surface area contributed by atoms with Gasteiger partial charge in [-0.25, -0.2) is 9.37 Å². The molecule has 29 heavy (non-hydrogen) atoms. The number of amides is 1. The van der Waals surface area contributed by atoms with Crippen molar-refractivity contribution in [2.45, 2.75) is 13.8 Å². The fraction of sp³-hybridized carbons (Fsp3) is 0.0833.